The number of thioether (sulfide) groups is 1. The van der Waals surface area contributed by atoms with Gasteiger partial charge in [0, 0.05) is 10.1 Å². The molecule has 0 atom stereocenters. The maximum absolute atomic E-state index is 5.47. The summed E-state index contributed by atoms with van der Waals surface area (Å²) in [6, 6.07) is 0. The Bertz CT molecular complexity index is 83.1. The molecule has 0 aromatic carbocycles. The lowest BCUT2D eigenvalue weighted by atomic mass is 10.6. The average molecular weight is 183 g/mol. The molecule has 0 aliphatic heterocycles. The number of hydrogen-bond donors (Lipinski definition) is 0. The van der Waals surface area contributed by atoms with Gasteiger partial charge in [0.15, 0.2) is 0 Å². The van der Waals surface area contributed by atoms with Crippen molar-refractivity contribution >= 4 is 39.8 Å². The fraction of sp³-hybridized carbons (Fsp3) is 0.833. The molecule has 9 heavy (non-hydrogen) atoms. The number of halogens is 1. The van der Waals surface area contributed by atoms with Crippen LogP contribution in [0.1, 0.15) is 19.8 Å². The molecular weight excluding hydrogens is 172 g/mol. The second kappa shape index (κ2) is 6.84. The smallest absolute Gasteiger partial charge is 0.0475 e. The van der Waals surface area contributed by atoms with E-state index in [9.17, 15) is 0 Å². The van der Waals surface area contributed by atoms with Gasteiger partial charge in [-0.1, -0.05) is 19.1 Å². The van der Waals surface area contributed by atoms with E-state index in [0.29, 0.717) is 0 Å². The van der Waals surface area contributed by atoms with Crippen LogP contribution in [0.2, 0.25) is 0 Å². The summed E-state index contributed by atoms with van der Waals surface area (Å²) in [4.78, 5) is 0. The Morgan fingerprint density at radius 1 is 1.67 bits per heavy atom. The molecule has 0 rings (SSSR count). The second-order valence-electron chi connectivity index (χ2n) is 1.62. The van der Waals surface area contributed by atoms with Gasteiger partial charge in [-0.2, -0.15) is 0 Å². The lowest BCUT2D eigenvalue weighted by Crippen LogP contribution is -1.87. The Balaban J connectivity index is 2.97. The molecule has 0 nitrogen and oxygen atoms in total. The predicted octanol–water partition coefficient (Wildman–Crippen LogP) is 3.09. The fourth-order valence-corrected chi connectivity index (χ4v) is 1.61. The highest BCUT2D eigenvalue weighted by molar-refractivity contribution is 8.23. The van der Waals surface area contributed by atoms with Gasteiger partial charge in [-0.05, 0) is 18.6 Å². The molecule has 0 saturated heterocycles. The normalized spacial score (nSPS) is 9.56. The SMILES string of the molecule is CCC(=S)SCCCCl. The molecular formula is C6H11ClS2. The first-order valence-electron chi connectivity index (χ1n) is 3.02. The zero-order chi connectivity index (χ0) is 7.11. The molecule has 0 heterocycles. The van der Waals surface area contributed by atoms with Crippen LogP contribution >= 0.6 is 35.6 Å². The van der Waals surface area contributed by atoms with Gasteiger partial charge >= 0.3 is 0 Å². The van der Waals surface area contributed by atoms with Crippen molar-refractivity contribution in [2.75, 3.05) is 11.6 Å². The van der Waals surface area contributed by atoms with Crippen LogP contribution in [0.3, 0.4) is 0 Å². The van der Waals surface area contributed by atoms with E-state index in [1.54, 1.807) is 11.8 Å². The van der Waals surface area contributed by atoms with Gasteiger partial charge in [0.25, 0.3) is 0 Å². The molecule has 0 aliphatic rings. The van der Waals surface area contributed by atoms with E-state index in [4.69, 9.17) is 23.8 Å². The molecule has 0 aromatic heterocycles. The van der Waals surface area contributed by atoms with Gasteiger partial charge < -0.3 is 0 Å². The molecule has 0 N–H and O–H groups in total. The topological polar surface area (TPSA) is 0 Å². The van der Waals surface area contributed by atoms with Gasteiger partial charge in [-0.15, -0.1) is 23.4 Å². The molecule has 0 unspecified atom stereocenters. The van der Waals surface area contributed by atoms with Crippen LogP contribution in [0, 0.1) is 0 Å². The van der Waals surface area contributed by atoms with Crippen LogP contribution in [-0.2, 0) is 0 Å². The average Bonchev–Trinajstić information content (AvgIpc) is 1.89. The first-order valence-corrected chi connectivity index (χ1v) is 4.95. The summed E-state index contributed by atoms with van der Waals surface area (Å²) in [6.45, 7) is 2.08. The minimum atomic E-state index is 0.749. The van der Waals surface area contributed by atoms with Crippen molar-refractivity contribution in [1.29, 1.82) is 0 Å². The highest BCUT2D eigenvalue weighted by Gasteiger charge is 1.91. The molecule has 0 radical (unpaired) electrons. The summed E-state index contributed by atoms with van der Waals surface area (Å²) in [7, 11) is 0. The molecule has 54 valence electrons. The van der Waals surface area contributed by atoms with Gasteiger partial charge in [0.05, 0.1) is 0 Å². The minimum Gasteiger partial charge on any atom is -0.127 e. The highest BCUT2D eigenvalue weighted by atomic mass is 35.5. The molecule has 0 aromatic rings. The monoisotopic (exact) mass is 182 g/mol. The van der Waals surface area contributed by atoms with Crippen molar-refractivity contribution in [2.24, 2.45) is 0 Å². The van der Waals surface area contributed by atoms with Crippen molar-refractivity contribution in [3.63, 3.8) is 0 Å². The first kappa shape index (κ1) is 9.73. The number of hydrogen-bond acceptors (Lipinski definition) is 2. The first-order chi connectivity index (χ1) is 4.31. The Kier molecular flexibility index (Phi) is 7.40. The second-order valence-corrected chi connectivity index (χ2v) is 3.94. The maximum atomic E-state index is 5.47. The van der Waals surface area contributed by atoms with Gasteiger partial charge in [0.2, 0.25) is 0 Å². The van der Waals surface area contributed by atoms with E-state index >= 15 is 0 Å². The van der Waals surface area contributed by atoms with Crippen LogP contribution in [0.5, 0.6) is 0 Å². The maximum Gasteiger partial charge on any atom is 0.0475 e. The molecule has 0 amide bonds. The standard InChI is InChI=1S/C6H11ClS2/c1-2-6(8)9-5-3-4-7/h2-5H2,1H3. The van der Waals surface area contributed by atoms with E-state index in [-0.39, 0.29) is 0 Å². The van der Waals surface area contributed by atoms with Gasteiger partial charge in [0.1, 0.15) is 0 Å². The van der Waals surface area contributed by atoms with Crippen LogP contribution in [0.25, 0.3) is 0 Å². The summed E-state index contributed by atoms with van der Waals surface area (Å²) >= 11 is 12.2. The van der Waals surface area contributed by atoms with Crippen molar-refractivity contribution in [2.45, 2.75) is 19.8 Å². The fourth-order valence-electron chi connectivity index (χ4n) is 0.343. The van der Waals surface area contributed by atoms with Gasteiger partial charge in [-0.25, -0.2) is 0 Å². The quantitative estimate of drug-likeness (QED) is 0.373. The summed E-state index contributed by atoms with van der Waals surface area (Å²) in [6.07, 6.45) is 2.06. The lowest BCUT2D eigenvalue weighted by Gasteiger charge is -1.96. The molecule has 0 bridgehead atoms. The number of rotatable bonds is 4. The predicted molar refractivity (Wildman–Crippen MR) is 50.7 cm³/mol. The van der Waals surface area contributed by atoms with E-state index in [1.165, 1.54) is 0 Å². The van der Waals surface area contributed by atoms with E-state index < -0.39 is 0 Å². The van der Waals surface area contributed by atoms with Crippen LogP contribution in [-0.4, -0.2) is 15.8 Å². The Morgan fingerprint density at radius 3 is 2.78 bits per heavy atom. The minimum absolute atomic E-state index is 0.749. The highest BCUT2D eigenvalue weighted by Crippen LogP contribution is 2.08. The summed E-state index contributed by atoms with van der Waals surface area (Å²) in [5, 5.41) is 0. The Hall–Kier alpha value is 0.730. The summed E-state index contributed by atoms with van der Waals surface area (Å²) in [5.74, 6) is 1.83. The third-order valence-corrected chi connectivity index (χ3v) is 2.84. The van der Waals surface area contributed by atoms with Crippen LogP contribution in [0.15, 0.2) is 0 Å². The summed E-state index contributed by atoms with van der Waals surface area (Å²) in [5.41, 5.74) is 0. The van der Waals surface area contributed by atoms with Gasteiger partial charge in [-0.3, -0.25) is 0 Å². The van der Waals surface area contributed by atoms with Crippen molar-refractivity contribution in [1.82, 2.24) is 0 Å². The lowest BCUT2D eigenvalue weighted by molar-refractivity contribution is 1.12. The zero-order valence-electron chi connectivity index (χ0n) is 5.52. The van der Waals surface area contributed by atoms with Crippen molar-refractivity contribution in [3.8, 4) is 0 Å². The summed E-state index contributed by atoms with van der Waals surface area (Å²) < 4.78 is 1.10. The Labute approximate surface area is 71.3 Å². The number of alkyl halides is 1. The third-order valence-electron chi connectivity index (χ3n) is 0.830. The van der Waals surface area contributed by atoms with Crippen molar-refractivity contribution in [3.05, 3.63) is 0 Å². The molecule has 0 saturated carbocycles. The van der Waals surface area contributed by atoms with E-state index in [2.05, 4.69) is 6.92 Å². The van der Waals surface area contributed by atoms with Crippen LogP contribution in [0.4, 0.5) is 0 Å². The molecule has 3 heteroatoms. The molecule has 0 spiro atoms. The molecule has 0 fully saturated rings. The largest absolute Gasteiger partial charge is 0.127 e. The van der Waals surface area contributed by atoms with Crippen molar-refractivity contribution < 1.29 is 0 Å². The van der Waals surface area contributed by atoms with Crippen LogP contribution < -0.4 is 0 Å². The van der Waals surface area contributed by atoms with E-state index in [0.717, 1.165) is 28.7 Å². The number of thiocarbonyl (C=S) groups is 1. The Morgan fingerprint density at radius 2 is 2.33 bits per heavy atom. The third kappa shape index (κ3) is 6.62. The molecule has 0 aliphatic carbocycles. The van der Waals surface area contributed by atoms with E-state index in [1.807, 2.05) is 0 Å². The zero-order valence-corrected chi connectivity index (χ0v) is 7.91.